The number of benzene rings is 1. The summed E-state index contributed by atoms with van der Waals surface area (Å²) in [6, 6.07) is 5.29. The molecule has 1 unspecified atom stereocenters. The van der Waals surface area contributed by atoms with Crippen LogP contribution in [0.1, 0.15) is 56.4 Å². The summed E-state index contributed by atoms with van der Waals surface area (Å²) in [4.78, 5) is 0. The van der Waals surface area contributed by atoms with E-state index in [1.807, 2.05) is 6.07 Å². The van der Waals surface area contributed by atoms with Crippen LogP contribution in [0.5, 0.6) is 0 Å². The van der Waals surface area contributed by atoms with Gasteiger partial charge in [0.1, 0.15) is 5.82 Å². The van der Waals surface area contributed by atoms with E-state index in [9.17, 15) is 4.39 Å². The zero-order chi connectivity index (χ0) is 12.4. The highest BCUT2D eigenvalue weighted by molar-refractivity contribution is 5.55. The van der Waals surface area contributed by atoms with E-state index in [1.54, 1.807) is 12.1 Å². The molecule has 1 atom stereocenters. The van der Waals surface area contributed by atoms with Crippen molar-refractivity contribution in [2.24, 2.45) is 5.92 Å². The standard InChI is InChI=1S/C16H22FN/c17-13-7-8-15-14(9-10-18-16(15)11-13)12-5-3-1-2-4-6-12/h7-8,11-12,14,18H,1-6,9-10H2. The quantitative estimate of drug-likeness (QED) is 0.709. The smallest absolute Gasteiger partial charge is 0.125 e. The first-order valence-electron chi connectivity index (χ1n) is 7.38. The van der Waals surface area contributed by atoms with Gasteiger partial charge in [-0.1, -0.05) is 31.7 Å². The largest absolute Gasteiger partial charge is 0.385 e. The van der Waals surface area contributed by atoms with Gasteiger partial charge in [0, 0.05) is 12.2 Å². The molecule has 3 rings (SSSR count). The van der Waals surface area contributed by atoms with Crippen LogP contribution < -0.4 is 5.32 Å². The van der Waals surface area contributed by atoms with E-state index in [4.69, 9.17) is 0 Å². The molecule has 1 fully saturated rings. The third-order valence-electron chi connectivity index (χ3n) is 4.65. The monoisotopic (exact) mass is 247 g/mol. The highest BCUT2D eigenvalue weighted by Gasteiger charge is 2.28. The van der Waals surface area contributed by atoms with E-state index in [-0.39, 0.29) is 5.82 Å². The van der Waals surface area contributed by atoms with E-state index < -0.39 is 0 Å². The maximum atomic E-state index is 13.3. The molecule has 1 aliphatic heterocycles. The topological polar surface area (TPSA) is 12.0 Å². The van der Waals surface area contributed by atoms with Crippen molar-refractivity contribution in [3.05, 3.63) is 29.6 Å². The average Bonchev–Trinajstić information content (AvgIpc) is 2.66. The van der Waals surface area contributed by atoms with Crippen LogP contribution in [0.25, 0.3) is 0 Å². The number of fused-ring (bicyclic) bond motifs is 1. The van der Waals surface area contributed by atoms with Crippen molar-refractivity contribution in [1.82, 2.24) is 0 Å². The summed E-state index contributed by atoms with van der Waals surface area (Å²) in [7, 11) is 0. The molecular weight excluding hydrogens is 225 g/mol. The third kappa shape index (κ3) is 2.38. The van der Waals surface area contributed by atoms with E-state index in [0.29, 0.717) is 5.92 Å². The Morgan fingerprint density at radius 2 is 1.78 bits per heavy atom. The van der Waals surface area contributed by atoms with Crippen LogP contribution >= 0.6 is 0 Å². The predicted octanol–water partition coefficient (Wildman–Crippen LogP) is 4.70. The number of anilines is 1. The fourth-order valence-corrected chi connectivity index (χ4v) is 3.73. The Morgan fingerprint density at radius 1 is 1.00 bits per heavy atom. The van der Waals surface area contributed by atoms with Crippen molar-refractivity contribution in [2.75, 3.05) is 11.9 Å². The molecule has 1 aromatic carbocycles. The van der Waals surface area contributed by atoms with Gasteiger partial charge in [-0.15, -0.1) is 0 Å². The zero-order valence-corrected chi connectivity index (χ0v) is 10.9. The zero-order valence-electron chi connectivity index (χ0n) is 10.9. The fraction of sp³-hybridized carbons (Fsp3) is 0.625. The lowest BCUT2D eigenvalue weighted by molar-refractivity contribution is 0.359. The third-order valence-corrected chi connectivity index (χ3v) is 4.65. The highest BCUT2D eigenvalue weighted by Crippen LogP contribution is 2.42. The van der Waals surface area contributed by atoms with Gasteiger partial charge in [0.15, 0.2) is 0 Å². The Kier molecular flexibility index (Phi) is 3.53. The van der Waals surface area contributed by atoms with E-state index in [1.165, 1.54) is 50.5 Å². The van der Waals surface area contributed by atoms with E-state index >= 15 is 0 Å². The summed E-state index contributed by atoms with van der Waals surface area (Å²) >= 11 is 0. The van der Waals surface area contributed by atoms with Gasteiger partial charge in [-0.25, -0.2) is 4.39 Å². The first-order chi connectivity index (χ1) is 8.84. The molecule has 0 amide bonds. The molecule has 1 heterocycles. The molecule has 0 aromatic heterocycles. The highest BCUT2D eigenvalue weighted by atomic mass is 19.1. The lowest BCUT2D eigenvalue weighted by atomic mass is 9.77. The summed E-state index contributed by atoms with van der Waals surface area (Å²) in [6.07, 6.45) is 9.50. The number of rotatable bonds is 1. The number of hydrogen-bond acceptors (Lipinski definition) is 1. The van der Waals surface area contributed by atoms with Crippen molar-refractivity contribution in [2.45, 2.75) is 50.9 Å². The second-order valence-electron chi connectivity index (χ2n) is 5.81. The van der Waals surface area contributed by atoms with Gasteiger partial charge in [-0.3, -0.25) is 0 Å². The molecule has 2 aliphatic rings. The molecule has 1 saturated carbocycles. The lowest BCUT2D eigenvalue weighted by Gasteiger charge is -2.32. The molecule has 1 nitrogen and oxygen atoms in total. The summed E-state index contributed by atoms with van der Waals surface area (Å²) < 4.78 is 13.3. The number of nitrogens with one attached hydrogen (secondary N) is 1. The second kappa shape index (κ2) is 5.29. The van der Waals surface area contributed by atoms with Crippen LogP contribution in [0.2, 0.25) is 0 Å². The maximum Gasteiger partial charge on any atom is 0.125 e. The normalized spacial score (nSPS) is 25.1. The van der Waals surface area contributed by atoms with Crippen molar-refractivity contribution in [3.8, 4) is 0 Å². The van der Waals surface area contributed by atoms with Crippen molar-refractivity contribution in [1.29, 1.82) is 0 Å². The van der Waals surface area contributed by atoms with Gasteiger partial charge in [0.25, 0.3) is 0 Å². The van der Waals surface area contributed by atoms with E-state index in [0.717, 1.165) is 18.2 Å². The van der Waals surface area contributed by atoms with Crippen LogP contribution in [0.15, 0.2) is 18.2 Å². The van der Waals surface area contributed by atoms with E-state index in [2.05, 4.69) is 5.32 Å². The first-order valence-corrected chi connectivity index (χ1v) is 7.38. The minimum absolute atomic E-state index is 0.122. The summed E-state index contributed by atoms with van der Waals surface area (Å²) in [6.45, 7) is 0.998. The Balaban J connectivity index is 1.85. The van der Waals surface area contributed by atoms with Gasteiger partial charge < -0.3 is 5.32 Å². The number of hydrogen-bond donors (Lipinski definition) is 1. The molecule has 1 aliphatic carbocycles. The van der Waals surface area contributed by atoms with Gasteiger partial charge in [0.05, 0.1) is 0 Å². The summed E-state index contributed by atoms with van der Waals surface area (Å²) in [5.74, 6) is 1.35. The Labute approximate surface area is 109 Å². The van der Waals surface area contributed by atoms with Gasteiger partial charge in [0.2, 0.25) is 0 Å². The molecule has 2 heteroatoms. The molecule has 98 valence electrons. The molecule has 0 spiro atoms. The molecule has 0 radical (unpaired) electrons. The van der Waals surface area contributed by atoms with Crippen molar-refractivity contribution < 1.29 is 4.39 Å². The Morgan fingerprint density at radius 3 is 2.56 bits per heavy atom. The summed E-state index contributed by atoms with van der Waals surface area (Å²) in [5.41, 5.74) is 2.39. The lowest BCUT2D eigenvalue weighted by Crippen LogP contribution is -2.22. The van der Waals surface area contributed by atoms with Crippen LogP contribution in [-0.2, 0) is 0 Å². The predicted molar refractivity (Wildman–Crippen MR) is 73.4 cm³/mol. The Hall–Kier alpha value is -1.05. The van der Waals surface area contributed by atoms with Gasteiger partial charge >= 0.3 is 0 Å². The van der Waals surface area contributed by atoms with Crippen molar-refractivity contribution >= 4 is 5.69 Å². The molecular formula is C16H22FN. The van der Waals surface area contributed by atoms with Crippen LogP contribution in [0.3, 0.4) is 0 Å². The van der Waals surface area contributed by atoms with Gasteiger partial charge in [-0.05, 0) is 48.8 Å². The maximum absolute atomic E-state index is 13.3. The molecule has 0 bridgehead atoms. The SMILES string of the molecule is Fc1ccc2c(c1)NCCC2C1CCCCCC1. The molecule has 18 heavy (non-hydrogen) atoms. The minimum Gasteiger partial charge on any atom is -0.385 e. The minimum atomic E-state index is -0.122. The molecule has 1 N–H and O–H groups in total. The first kappa shape index (κ1) is 12.0. The van der Waals surface area contributed by atoms with Crippen LogP contribution in [-0.4, -0.2) is 6.54 Å². The molecule has 0 saturated heterocycles. The Bertz CT molecular complexity index is 408. The second-order valence-corrected chi connectivity index (χ2v) is 5.81. The number of halogens is 1. The fourth-order valence-electron chi connectivity index (χ4n) is 3.73. The summed E-state index contributed by atoms with van der Waals surface area (Å²) in [5, 5.41) is 3.35. The van der Waals surface area contributed by atoms with Crippen molar-refractivity contribution in [3.63, 3.8) is 0 Å². The van der Waals surface area contributed by atoms with Crippen LogP contribution in [0.4, 0.5) is 10.1 Å². The van der Waals surface area contributed by atoms with Crippen LogP contribution in [0, 0.1) is 11.7 Å². The van der Waals surface area contributed by atoms with Gasteiger partial charge in [-0.2, -0.15) is 0 Å². The molecule has 1 aromatic rings. The average molecular weight is 247 g/mol.